The zero-order chi connectivity index (χ0) is 15.0. The first-order valence-corrected chi connectivity index (χ1v) is 8.68. The van der Waals surface area contributed by atoms with E-state index in [9.17, 15) is 0 Å². The molecule has 0 aliphatic heterocycles. The molecule has 0 saturated heterocycles. The van der Waals surface area contributed by atoms with E-state index in [1.807, 2.05) is 0 Å². The van der Waals surface area contributed by atoms with E-state index in [4.69, 9.17) is 0 Å². The van der Waals surface area contributed by atoms with Crippen LogP contribution in [0, 0.1) is 11.3 Å². The highest BCUT2D eigenvalue weighted by Gasteiger charge is 2.32. The fourth-order valence-electron chi connectivity index (χ4n) is 4.06. The second-order valence-electron chi connectivity index (χ2n) is 7.40. The van der Waals surface area contributed by atoms with Gasteiger partial charge in [0.15, 0.2) is 0 Å². The second-order valence-corrected chi connectivity index (χ2v) is 8.25. The van der Waals surface area contributed by atoms with Crippen molar-refractivity contribution in [2.45, 2.75) is 46.1 Å². The van der Waals surface area contributed by atoms with Gasteiger partial charge in [0.05, 0.1) is 0 Å². The minimum Gasteiger partial charge on any atom is -0.382 e. The number of benzene rings is 2. The summed E-state index contributed by atoms with van der Waals surface area (Å²) in [6, 6.07) is 13.5. The Bertz CT molecular complexity index is 647. The lowest BCUT2D eigenvalue weighted by Crippen LogP contribution is -2.35. The monoisotopic (exact) mass is 345 g/mol. The molecule has 2 aromatic rings. The van der Waals surface area contributed by atoms with Gasteiger partial charge in [0.25, 0.3) is 0 Å². The molecular formula is C19H24BrN. The maximum Gasteiger partial charge on any atom is 0.0422 e. The van der Waals surface area contributed by atoms with Crippen LogP contribution in [0.5, 0.6) is 0 Å². The Morgan fingerprint density at radius 3 is 2.48 bits per heavy atom. The van der Waals surface area contributed by atoms with Gasteiger partial charge >= 0.3 is 0 Å². The van der Waals surface area contributed by atoms with Crippen LogP contribution in [0.2, 0.25) is 0 Å². The van der Waals surface area contributed by atoms with Crippen molar-refractivity contribution in [2.75, 3.05) is 5.32 Å². The first-order chi connectivity index (χ1) is 9.94. The Morgan fingerprint density at radius 2 is 1.76 bits per heavy atom. The van der Waals surface area contributed by atoms with Gasteiger partial charge in [-0.25, -0.2) is 0 Å². The number of hydrogen-bond donors (Lipinski definition) is 1. The third-order valence-electron chi connectivity index (χ3n) is 4.62. The molecule has 0 spiro atoms. The molecule has 1 fully saturated rings. The Balaban J connectivity index is 1.90. The zero-order valence-electron chi connectivity index (χ0n) is 13.1. The summed E-state index contributed by atoms with van der Waals surface area (Å²) in [5.74, 6) is 0.799. The van der Waals surface area contributed by atoms with Gasteiger partial charge in [-0.3, -0.25) is 0 Å². The third-order valence-corrected chi connectivity index (χ3v) is 5.31. The minimum absolute atomic E-state index is 0.445. The number of fused-ring (bicyclic) bond motifs is 1. The van der Waals surface area contributed by atoms with Crippen molar-refractivity contribution < 1.29 is 0 Å². The first kappa shape index (κ1) is 14.9. The lowest BCUT2D eigenvalue weighted by Gasteiger charge is -2.39. The Morgan fingerprint density at radius 1 is 1.05 bits per heavy atom. The van der Waals surface area contributed by atoms with Crippen LogP contribution >= 0.6 is 15.9 Å². The van der Waals surface area contributed by atoms with Crippen molar-refractivity contribution in [3.05, 3.63) is 40.9 Å². The van der Waals surface area contributed by atoms with E-state index in [0.29, 0.717) is 11.5 Å². The van der Waals surface area contributed by atoms with Gasteiger partial charge < -0.3 is 5.32 Å². The summed E-state index contributed by atoms with van der Waals surface area (Å²) in [5, 5.41) is 6.41. The van der Waals surface area contributed by atoms with Gasteiger partial charge in [-0.15, -0.1) is 0 Å². The van der Waals surface area contributed by atoms with E-state index in [2.05, 4.69) is 78.4 Å². The fourth-order valence-corrected chi connectivity index (χ4v) is 4.54. The molecule has 0 bridgehead atoms. The molecule has 2 unspecified atom stereocenters. The standard InChI is InChI=1S/C19H24BrN/c1-13-10-14(12-19(2,3)11-13)21-18-9-8-17(20)15-6-4-5-7-16(15)18/h4-9,13-14,21H,10-12H2,1-3H3. The predicted octanol–water partition coefficient (Wildman–Crippen LogP) is 6.23. The highest BCUT2D eigenvalue weighted by atomic mass is 79.9. The molecule has 0 heterocycles. The SMILES string of the molecule is CC1CC(Nc2ccc(Br)c3ccccc23)CC(C)(C)C1. The maximum atomic E-state index is 3.82. The Labute approximate surface area is 136 Å². The van der Waals surface area contributed by atoms with Crippen LogP contribution in [0.25, 0.3) is 10.8 Å². The molecule has 2 atom stereocenters. The molecule has 3 rings (SSSR count). The Hall–Kier alpha value is -1.02. The Kier molecular flexibility index (Phi) is 4.00. The largest absolute Gasteiger partial charge is 0.382 e. The summed E-state index contributed by atoms with van der Waals surface area (Å²) in [5.41, 5.74) is 1.71. The van der Waals surface area contributed by atoms with Crippen LogP contribution in [-0.4, -0.2) is 6.04 Å². The van der Waals surface area contributed by atoms with E-state index in [-0.39, 0.29) is 0 Å². The molecule has 1 nitrogen and oxygen atoms in total. The van der Waals surface area contributed by atoms with Crippen molar-refractivity contribution >= 4 is 32.4 Å². The fraction of sp³-hybridized carbons (Fsp3) is 0.474. The van der Waals surface area contributed by atoms with Crippen molar-refractivity contribution in [1.29, 1.82) is 0 Å². The maximum absolute atomic E-state index is 3.82. The number of anilines is 1. The molecule has 112 valence electrons. The predicted molar refractivity (Wildman–Crippen MR) is 95.9 cm³/mol. The zero-order valence-corrected chi connectivity index (χ0v) is 14.7. The quantitative estimate of drug-likeness (QED) is 0.680. The molecule has 2 heteroatoms. The molecule has 0 radical (unpaired) electrons. The lowest BCUT2D eigenvalue weighted by molar-refractivity contribution is 0.178. The van der Waals surface area contributed by atoms with E-state index in [1.165, 1.54) is 40.2 Å². The van der Waals surface area contributed by atoms with Crippen LogP contribution in [0.3, 0.4) is 0 Å². The summed E-state index contributed by atoms with van der Waals surface area (Å²) in [6.45, 7) is 7.18. The van der Waals surface area contributed by atoms with E-state index in [0.717, 1.165) is 5.92 Å². The van der Waals surface area contributed by atoms with Gasteiger partial charge in [0.2, 0.25) is 0 Å². The van der Waals surface area contributed by atoms with E-state index < -0.39 is 0 Å². The van der Waals surface area contributed by atoms with Gasteiger partial charge in [-0.1, -0.05) is 61.0 Å². The molecule has 1 saturated carbocycles. The van der Waals surface area contributed by atoms with Gasteiger partial charge in [-0.05, 0) is 48.1 Å². The van der Waals surface area contributed by atoms with Crippen LogP contribution in [-0.2, 0) is 0 Å². The summed E-state index contributed by atoms with van der Waals surface area (Å²) < 4.78 is 1.17. The molecule has 2 aromatic carbocycles. The number of nitrogens with one attached hydrogen (secondary N) is 1. The second kappa shape index (κ2) is 5.64. The molecule has 0 aromatic heterocycles. The van der Waals surface area contributed by atoms with Crippen LogP contribution in [0.4, 0.5) is 5.69 Å². The van der Waals surface area contributed by atoms with E-state index in [1.54, 1.807) is 0 Å². The van der Waals surface area contributed by atoms with Crippen molar-refractivity contribution in [3.63, 3.8) is 0 Å². The molecule has 1 N–H and O–H groups in total. The van der Waals surface area contributed by atoms with E-state index >= 15 is 0 Å². The van der Waals surface area contributed by atoms with Crippen LogP contribution in [0.1, 0.15) is 40.0 Å². The average Bonchev–Trinajstić information content (AvgIpc) is 2.40. The van der Waals surface area contributed by atoms with Crippen molar-refractivity contribution in [3.8, 4) is 0 Å². The minimum atomic E-state index is 0.445. The van der Waals surface area contributed by atoms with Crippen LogP contribution in [0.15, 0.2) is 40.9 Å². The molecule has 1 aliphatic carbocycles. The summed E-state index contributed by atoms with van der Waals surface area (Å²) in [4.78, 5) is 0. The average molecular weight is 346 g/mol. The summed E-state index contributed by atoms with van der Waals surface area (Å²) in [6.07, 6.45) is 3.86. The van der Waals surface area contributed by atoms with Crippen molar-refractivity contribution in [2.24, 2.45) is 11.3 Å². The normalized spacial score (nSPS) is 25.0. The molecule has 21 heavy (non-hydrogen) atoms. The lowest BCUT2D eigenvalue weighted by atomic mass is 9.70. The number of hydrogen-bond acceptors (Lipinski definition) is 1. The number of halogens is 1. The third kappa shape index (κ3) is 3.26. The van der Waals surface area contributed by atoms with Gasteiger partial charge in [0, 0.05) is 21.6 Å². The highest BCUT2D eigenvalue weighted by Crippen LogP contribution is 2.40. The highest BCUT2D eigenvalue weighted by molar-refractivity contribution is 9.10. The topological polar surface area (TPSA) is 12.0 Å². The van der Waals surface area contributed by atoms with Gasteiger partial charge in [-0.2, -0.15) is 0 Å². The molecule has 1 aliphatic rings. The number of rotatable bonds is 2. The van der Waals surface area contributed by atoms with Crippen molar-refractivity contribution in [1.82, 2.24) is 0 Å². The van der Waals surface area contributed by atoms with Crippen LogP contribution < -0.4 is 5.32 Å². The first-order valence-electron chi connectivity index (χ1n) is 7.88. The smallest absolute Gasteiger partial charge is 0.0422 e. The molecular weight excluding hydrogens is 322 g/mol. The molecule has 0 amide bonds. The summed E-state index contributed by atoms with van der Waals surface area (Å²) in [7, 11) is 0. The van der Waals surface area contributed by atoms with Gasteiger partial charge in [0.1, 0.15) is 0 Å². The summed E-state index contributed by atoms with van der Waals surface area (Å²) >= 11 is 3.66.